The Hall–Kier alpha value is -1.51. The van der Waals surface area contributed by atoms with Crippen molar-refractivity contribution in [3.8, 4) is 0 Å². The fourth-order valence-electron chi connectivity index (χ4n) is 0.303. The van der Waals surface area contributed by atoms with Crippen LogP contribution in [0.5, 0.6) is 0 Å². The van der Waals surface area contributed by atoms with Gasteiger partial charge in [0.25, 0.3) is 0 Å². The summed E-state index contributed by atoms with van der Waals surface area (Å²) >= 11 is 0. The van der Waals surface area contributed by atoms with Crippen LogP contribution in [-0.4, -0.2) is 28.1 Å². The Morgan fingerprint density at radius 3 is 2.18 bits per heavy atom. The third-order valence-corrected chi connectivity index (χ3v) is 0.692. The molecule has 0 radical (unpaired) electrons. The van der Waals surface area contributed by atoms with Crippen LogP contribution in [0.25, 0.3) is 0 Å². The predicted octanol–water partition coefficient (Wildman–Crippen LogP) is -0.413. The Kier molecular flexibility index (Phi) is 3.11. The summed E-state index contributed by atoms with van der Waals surface area (Å²) in [6.07, 6.45) is 0. The van der Waals surface area contributed by atoms with Gasteiger partial charge < -0.3 is 5.73 Å². The molecule has 0 bridgehead atoms. The van der Waals surface area contributed by atoms with E-state index in [0.29, 0.717) is 0 Å². The second kappa shape index (κ2) is 3.61. The highest BCUT2D eigenvalue weighted by atomic mass is 19.4. The van der Waals surface area contributed by atoms with E-state index in [1.807, 2.05) is 0 Å². The normalized spacial score (nSPS) is 9.73. The molecule has 11 heavy (non-hydrogen) atoms. The predicted molar refractivity (Wildman–Crippen MR) is 27.3 cm³/mol. The number of halogens is 2. The van der Waals surface area contributed by atoms with E-state index in [1.165, 1.54) is 0 Å². The number of nitro groups is 1. The molecule has 0 aliphatic rings. The van der Waals surface area contributed by atoms with Crippen LogP contribution >= 0.6 is 0 Å². The molecule has 0 aromatic heterocycles. The molecule has 0 aliphatic heterocycles. The van der Waals surface area contributed by atoms with Crippen molar-refractivity contribution in [2.24, 2.45) is 5.73 Å². The Morgan fingerprint density at radius 2 is 2.09 bits per heavy atom. The van der Waals surface area contributed by atoms with Crippen LogP contribution in [0.2, 0.25) is 0 Å². The highest BCUT2D eigenvalue weighted by Gasteiger charge is 2.24. The molecule has 0 saturated heterocycles. The SMILES string of the molecule is NC(=O)N(CN(F)F)[N+](=O)[O-]. The first-order valence-corrected chi connectivity index (χ1v) is 2.25. The van der Waals surface area contributed by atoms with Crippen molar-refractivity contribution >= 4 is 6.03 Å². The fourth-order valence-corrected chi connectivity index (χ4v) is 0.303. The number of hydrazine groups is 1. The third-order valence-electron chi connectivity index (χ3n) is 0.692. The van der Waals surface area contributed by atoms with Crippen LogP contribution in [0.3, 0.4) is 0 Å². The van der Waals surface area contributed by atoms with Gasteiger partial charge in [-0.1, -0.05) is 8.96 Å². The van der Waals surface area contributed by atoms with Crippen molar-refractivity contribution in [1.82, 2.24) is 10.4 Å². The number of primary amides is 1. The average Bonchev–Trinajstić information content (AvgIpc) is 1.81. The highest BCUT2D eigenvalue weighted by molar-refractivity contribution is 5.70. The Labute approximate surface area is 59.0 Å². The Balaban J connectivity index is 4.12. The molecule has 64 valence electrons. The molecule has 0 unspecified atom stereocenters. The van der Waals surface area contributed by atoms with Gasteiger partial charge in [0.1, 0.15) is 0 Å². The number of hydrogen-bond donors (Lipinski definition) is 1. The fraction of sp³-hybridized carbons (Fsp3) is 0.500. The maximum Gasteiger partial charge on any atom is 0.374 e. The van der Waals surface area contributed by atoms with Gasteiger partial charge in [0, 0.05) is 5.34 Å². The summed E-state index contributed by atoms with van der Waals surface area (Å²) in [5.74, 6) is 0. The molecule has 0 spiro atoms. The number of urea groups is 1. The van der Waals surface area contributed by atoms with Crippen molar-refractivity contribution in [3.63, 3.8) is 0 Å². The topological polar surface area (TPSA) is 92.7 Å². The molecule has 2 N–H and O–H groups in total. The average molecular weight is 170 g/mol. The Morgan fingerprint density at radius 1 is 1.64 bits per heavy atom. The molecule has 2 amide bonds. The van der Waals surface area contributed by atoms with Gasteiger partial charge >= 0.3 is 6.03 Å². The largest absolute Gasteiger partial charge is 0.374 e. The number of nitrogens with zero attached hydrogens (tertiary/aromatic N) is 3. The molecule has 0 saturated carbocycles. The molecule has 0 fully saturated rings. The van der Waals surface area contributed by atoms with Gasteiger partial charge in [-0.25, -0.2) is 14.9 Å². The van der Waals surface area contributed by atoms with Gasteiger partial charge in [0.05, 0.1) is 0 Å². The monoisotopic (exact) mass is 170 g/mol. The van der Waals surface area contributed by atoms with Crippen molar-refractivity contribution in [3.05, 3.63) is 10.1 Å². The van der Waals surface area contributed by atoms with Gasteiger partial charge in [0.2, 0.25) is 6.67 Å². The van der Waals surface area contributed by atoms with E-state index < -0.39 is 28.1 Å². The van der Waals surface area contributed by atoms with Crippen molar-refractivity contribution in [2.45, 2.75) is 0 Å². The van der Waals surface area contributed by atoms with E-state index in [1.54, 1.807) is 0 Å². The minimum atomic E-state index is -1.55. The molecule has 0 rings (SSSR count). The maximum absolute atomic E-state index is 11.3. The molecule has 9 heteroatoms. The lowest BCUT2D eigenvalue weighted by Crippen LogP contribution is -2.43. The van der Waals surface area contributed by atoms with Gasteiger partial charge in [0.15, 0.2) is 5.03 Å². The van der Waals surface area contributed by atoms with Gasteiger partial charge in [-0.05, 0) is 5.01 Å². The van der Waals surface area contributed by atoms with Gasteiger partial charge in [-0.2, -0.15) is 0 Å². The zero-order valence-corrected chi connectivity index (χ0v) is 5.11. The number of amides is 2. The first-order valence-electron chi connectivity index (χ1n) is 2.25. The minimum absolute atomic E-state index is 0.431. The zero-order valence-electron chi connectivity index (χ0n) is 5.11. The van der Waals surface area contributed by atoms with Crippen LogP contribution in [-0.2, 0) is 0 Å². The number of hydrogen-bond acceptors (Lipinski definition) is 4. The van der Waals surface area contributed by atoms with Crippen LogP contribution in [0.4, 0.5) is 13.8 Å². The molecule has 7 nitrogen and oxygen atoms in total. The Bertz CT molecular complexity index is 159. The molecule has 0 aliphatic carbocycles. The maximum atomic E-state index is 11.3. The lowest BCUT2D eigenvalue weighted by molar-refractivity contribution is -0.641. The van der Waals surface area contributed by atoms with Gasteiger partial charge in [-0.3, -0.25) is 0 Å². The first-order chi connectivity index (χ1) is 4.95. The van der Waals surface area contributed by atoms with Gasteiger partial charge in [-0.15, -0.1) is 0 Å². The lowest BCUT2D eigenvalue weighted by Gasteiger charge is -2.07. The summed E-state index contributed by atoms with van der Waals surface area (Å²) in [6, 6.07) is -1.55. The molecular weight excluding hydrogens is 166 g/mol. The van der Waals surface area contributed by atoms with E-state index in [2.05, 4.69) is 5.73 Å². The smallest absolute Gasteiger partial charge is 0.347 e. The van der Waals surface area contributed by atoms with Crippen LogP contribution < -0.4 is 5.73 Å². The first kappa shape index (κ1) is 9.49. The van der Waals surface area contributed by atoms with E-state index >= 15 is 0 Å². The quantitative estimate of drug-likeness (QED) is 0.269. The van der Waals surface area contributed by atoms with E-state index in [9.17, 15) is 23.9 Å². The number of carbonyl (C=O) groups excluding carboxylic acids is 1. The zero-order chi connectivity index (χ0) is 9.02. The molecule has 0 aromatic carbocycles. The molecule has 0 heterocycles. The molecule has 0 atom stereocenters. The second-order valence-corrected chi connectivity index (χ2v) is 1.42. The van der Waals surface area contributed by atoms with Crippen molar-refractivity contribution in [1.29, 1.82) is 0 Å². The lowest BCUT2D eigenvalue weighted by atomic mass is 10.9. The molecule has 0 aromatic rings. The summed E-state index contributed by atoms with van der Waals surface area (Å²) in [6.45, 7) is -1.46. The highest BCUT2D eigenvalue weighted by Crippen LogP contribution is 1.94. The van der Waals surface area contributed by atoms with Crippen LogP contribution in [0, 0.1) is 10.1 Å². The summed E-state index contributed by atoms with van der Waals surface area (Å²) < 4.78 is 22.6. The number of rotatable bonds is 3. The van der Waals surface area contributed by atoms with Crippen molar-refractivity contribution < 1.29 is 18.8 Å². The summed E-state index contributed by atoms with van der Waals surface area (Å²) in [4.78, 5) is 19.8. The van der Waals surface area contributed by atoms with Crippen LogP contribution in [0.1, 0.15) is 0 Å². The van der Waals surface area contributed by atoms with Crippen LogP contribution in [0.15, 0.2) is 0 Å². The van der Waals surface area contributed by atoms with E-state index in [4.69, 9.17) is 0 Å². The summed E-state index contributed by atoms with van der Waals surface area (Å²) in [5, 5.41) is 6.46. The third kappa shape index (κ3) is 3.25. The summed E-state index contributed by atoms with van der Waals surface area (Å²) in [5.41, 5.74) is 4.37. The number of nitrogens with two attached hydrogens (primary N) is 1. The van der Waals surface area contributed by atoms with E-state index in [-0.39, 0.29) is 0 Å². The number of carbonyl (C=O) groups is 1. The standard InChI is InChI=1S/C2H4F2N4O3/c3-7(4)1-6(2(5)9)8(10)11/h1H2,(H2,5,9). The van der Waals surface area contributed by atoms with E-state index in [0.717, 1.165) is 0 Å². The minimum Gasteiger partial charge on any atom is -0.347 e. The second-order valence-electron chi connectivity index (χ2n) is 1.42. The summed E-state index contributed by atoms with van der Waals surface area (Å²) in [7, 11) is 0. The van der Waals surface area contributed by atoms with Crippen molar-refractivity contribution in [2.75, 3.05) is 6.67 Å². The molecular formula is C2H4F2N4O3.